The Bertz CT molecular complexity index is 1550. The van der Waals surface area contributed by atoms with Crippen LogP contribution >= 0.6 is 0 Å². The number of aromatic nitrogens is 1. The quantitative estimate of drug-likeness (QED) is 0.260. The third-order valence-corrected chi connectivity index (χ3v) is 6.78. The average molecular weight is 495 g/mol. The Balaban J connectivity index is 1.65. The molecular formula is C29H26N4O4. The molecule has 0 amide bonds. The van der Waals surface area contributed by atoms with Gasteiger partial charge in [-0.25, -0.2) is 9.78 Å². The van der Waals surface area contributed by atoms with Crippen molar-refractivity contribution in [2.24, 2.45) is 0 Å². The summed E-state index contributed by atoms with van der Waals surface area (Å²) in [6.45, 7) is 3.79. The fourth-order valence-electron chi connectivity index (χ4n) is 4.90. The van der Waals surface area contributed by atoms with Crippen LogP contribution in [0.3, 0.4) is 0 Å². The number of nitrogens with zero attached hydrogens (tertiary/aromatic N) is 4. The topological polar surface area (TPSA) is 99.8 Å². The average Bonchev–Trinajstić information content (AvgIpc) is 2.91. The Hall–Kier alpha value is -4.56. The zero-order valence-electron chi connectivity index (χ0n) is 20.6. The van der Waals surface area contributed by atoms with Gasteiger partial charge in [-0.05, 0) is 48.0 Å². The largest absolute Gasteiger partial charge is 0.478 e. The van der Waals surface area contributed by atoms with Crippen molar-refractivity contribution in [2.75, 3.05) is 25.0 Å². The highest BCUT2D eigenvalue weighted by Crippen LogP contribution is 2.37. The first-order valence-corrected chi connectivity index (χ1v) is 12.0. The molecule has 1 aliphatic rings. The maximum atomic E-state index is 12.3. The van der Waals surface area contributed by atoms with Crippen LogP contribution in [0.25, 0.3) is 22.6 Å². The zero-order valence-corrected chi connectivity index (χ0v) is 20.6. The van der Waals surface area contributed by atoms with E-state index in [-0.39, 0.29) is 16.2 Å². The number of anilines is 2. The molecule has 0 saturated heterocycles. The summed E-state index contributed by atoms with van der Waals surface area (Å²) < 4.78 is 0. The highest BCUT2D eigenvalue weighted by molar-refractivity contribution is 6.06. The highest BCUT2D eigenvalue weighted by Gasteiger charge is 2.28. The van der Waals surface area contributed by atoms with E-state index in [1.165, 1.54) is 0 Å². The molecule has 2 heterocycles. The van der Waals surface area contributed by atoms with Crippen LogP contribution in [0.1, 0.15) is 34.1 Å². The van der Waals surface area contributed by atoms with Crippen molar-refractivity contribution >= 4 is 45.6 Å². The molecule has 3 aromatic carbocycles. The molecule has 1 aliphatic heterocycles. The first kappa shape index (κ1) is 24.1. The van der Waals surface area contributed by atoms with Gasteiger partial charge in [0.2, 0.25) is 0 Å². The summed E-state index contributed by atoms with van der Waals surface area (Å²) in [5.74, 6) is -0.990. The number of aromatic carboxylic acids is 1. The second-order valence-corrected chi connectivity index (χ2v) is 9.01. The van der Waals surface area contributed by atoms with Crippen molar-refractivity contribution in [3.05, 3.63) is 105 Å². The third kappa shape index (κ3) is 4.54. The number of benzene rings is 3. The molecular weight excluding hydrogens is 468 g/mol. The number of para-hydroxylation sites is 2. The molecule has 37 heavy (non-hydrogen) atoms. The molecule has 8 heteroatoms. The minimum absolute atomic E-state index is 0.0122. The summed E-state index contributed by atoms with van der Waals surface area (Å²) in [6.07, 6.45) is 1.88. The monoisotopic (exact) mass is 494 g/mol. The number of hydrogen-bond donors (Lipinski definition) is 1. The molecule has 186 valence electrons. The number of nitro groups is 1. The van der Waals surface area contributed by atoms with E-state index in [1.54, 1.807) is 30.1 Å². The summed E-state index contributed by atoms with van der Waals surface area (Å²) in [4.78, 5) is 32.8. The molecule has 0 atom stereocenters. The number of carboxylic acids is 1. The predicted molar refractivity (Wildman–Crippen MR) is 145 cm³/mol. The van der Waals surface area contributed by atoms with Crippen molar-refractivity contribution in [2.45, 2.75) is 13.5 Å². The fraction of sp³-hybridized carbons (Fsp3) is 0.172. The smallest absolute Gasteiger partial charge is 0.336 e. The lowest BCUT2D eigenvalue weighted by atomic mass is 9.92. The van der Waals surface area contributed by atoms with Crippen molar-refractivity contribution < 1.29 is 14.8 Å². The molecule has 4 aromatic rings. The van der Waals surface area contributed by atoms with E-state index < -0.39 is 5.97 Å². The van der Waals surface area contributed by atoms with Gasteiger partial charge in [0.1, 0.15) is 5.69 Å². The van der Waals surface area contributed by atoms with Gasteiger partial charge in [-0.1, -0.05) is 49.4 Å². The number of rotatable bonds is 6. The summed E-state index contributed by atoms with van der Waals surface area (Å²) in [5, 5.41) is 22.7. The molecule has 8 nitrogen and oxygen atoms in total. The maximum absolute atomic E-state index is 12.3. The van der Waals surface area contributed by atoms with E-state index in [2.05, 4.69) is 4.90 Å². The molecule has 0 fully saturated rings. The molecule has 0 radical (unpaired) electrons. The zero-order chi connectivity index (χ0) is 26.1. The van der Waals surface area contributed by atoms with E-state index in [9.17, 15) is 20.0 Å². The van der Waals surface area contributed by atoms with Crippen LogP contribution < -0.4 is 4.90 Å². The second-order valence-electron chi connectivity index (χ2n) is 9.01. The summed E-state index contributed by atoms with van der Waals surface area (Å²) in [5.41, 5.74) is 4.97. The maximum Gasteiger partial charge on any atom is 0.336 e. The first-order chi connectivity index (χ1) is 17.9. The van der Waals surface area contributed by atoms with Gasteiger partial charge >= 0.3 is 5.97 Å². The van der Waals surface area contributed by atoms with Crippen molar-refractivity contribution in [3.63, 3.8) is 0 Å². The molecule has 0 saturated carbocycles. The van der Waals surface area contributed by atoms with Crippen LogP contribution in [-0.4, -0.2) is 46.0 Å². The Morgan fingerprint density at radius 2 is 1.84 bits per heavy atom. The second kappa shape index (κ2) is 9.83. The van der Waals surface area contributed by atoms with Gasteiger partial charge in [0.05, 0.1) is 21.7 Å². The lowest BCUT2D eigenvalue weighted by Gasteiger charge is -2.30. The van der Waals surface area contributed by atoms with Gasteiger partial charge in [-0.3, -0.25) is 15.0 Å². The standard InChI is InChI=1S/C29H26N4O4/c1-3-32-17-20(28-23(18-32)27(29(34)35)22-11-7-8-12-24(22)30-28)15-19-13-14-25(26(16-19)33(36)37)31(2)21-9-5-4-6-10-21/h4-16H,3,17-18H2,1-2H3,(H,34,35)/b20-15+. The first-order valence-electron chi connectivity index (χ1n) is 12.0. The van der Waals surface area contributed by atoms with Crippen LogP contribution in [0.4, 0.5) is 17.1 Å². The van der Waals surface area contributed by atoms with Crippen molar-refractivity contribution in [3.8, 4) is 0 Å². The van der Waals surface area contributed by atoms with E-state index in [0.29, 0.717) is 46.5 Å². The predicted octanol–water partition coefficient (Wildman–Crippen LogP) is 5.99. The highest BCUT2D eigenvalue weighted by atomic mass is 16.6. The van der Waals surface area contributed by atoms with Gasteiger partial charge < -0.3 is 10.0 Å². The lowest BCUT2D eigenvalue weighted by molar-refractivity contribution is -0.384. The SMILES string of the molecule is CCN1C/C(=C\c2ccc(N(C)c3ccccc3)c([N+](=O)[O-])c2)c2nc3ccccc3c(C(=O)O)c2C1. The van der Waals surface area contributed by atoms with Crippen LogP contribution in [0.5, 0.6) is 0 Å². The van der Waals surface area contributed by atoms with E-state index in [0.717, 1.165) is 17.8 Å². The van der Waals surface area contributed by atoms with E-state index >= 15 is 0 Å². The Morgan fingerprint density at radius 3 is 2.54 bits per heavy atom. The van der Waals surface area contributed by atoms with Gasteiger partial charge in [0, 0.05) is 42.8 Å². The Kier molecular flexibility index (Phi) is 6.42. The van der Waals surface area contributed by atoms with Crippen LogP contribution in [-0.2, 0) is 6.54 Å². The number of carboxylic acid groups (broad SMARTS) is 1. The number of likely N-dealkylation sites (N-methyl/N-ethyl adjacent to an activating group) is 1. The molecule has 0 unspecified atom stereocenters. The summed E-state index contributed by atoms with van der Waals surface area (Å²) in [6, 6.07) is 21.9. The van der Waals surface area contributed by atoms with Crippen LogP contribution in [0.2, 0.25) is 0 Å². The number of fused-ring (bicyclic) bond motifs is 2. The van der Waals surface area contributed by atoms with Gasteiger partial charge in [0.15, 0.2) is 0 Å². The fourth-order valence-corrected chi connectivity index (χ4v) is 4.90. The molecule has 0 bridgehead atoms. The lowest BCUT2D eigenvalue weighted by Crippen LogP contribution is -2.31. The van der Waals surface area contributed by atoms with Gasteiger partial charge in [-0.2, -0.15) is 0 Å². The summed E-state index contributed by atoms with van der Waals surface area (Å²) >= 11 is 0. The number of hydrogen-bond acceptors (Lipinski definition) is 6. The normalized spacial score (nSPS) is 14.5. The molecule has 1 aromatic heterocycles. The van der Waals surface area contributed by atoms with Crippen LogP contribution in [0, 0.1) is 10.1 Å². The Labute approximate surface area is 214 Å². The number of pyridine rings is 1. The minimum Gasteiger partial charge on any atom is -0.478 e. The van der Waals surface area contributed by atoms with E-state index in [4.69, 9.17) is 4.98 Å². The van der Waals surface area contributed by atoms with Gasteiger partial charge in [-0.15, -0.1) is 0 Å². The van der Waals surface area contributed by atoms with Crippen molar-refractivity contribution in [1.82, 2.24) is 9.88 Å². The van der Waals surface area contributed by atoms with Crippen molar-refractivity contribution in [1.29, 1.82) is 0 Å². The molecule has 0 aliphatic carbocycles. The molecule has 5 rings (SSSR count). The Morgan fingerprint density at radius 1 is 1.11 bits per heavy atom. The number of carbonyl (C=O) groups is 1. The van der Waals surface area contributed by atoms with Gasteiger partial charge in [0.25, 0.3) is 5.69 Å². The number of nitro benzene ring substituents is 1. The molecule has 0 spiro atoms. The van der Waals surface area contributed by atoms with Crippen LogP contribution in [0.15, 0.2) is 72.8 Å². The van der Waals surface area contributed by atoms with E-state index in [1.807, 2.05) is 67.6 Å². The molecule has 1 N–H and O–H groups in total. The third-order valence-electron chi connectivity index (χ3n) is 6.78. The minimum atomic E-state index is -0.990. The summed E-state index contributed by atoms with van der Waals surface area (Å²) in [7, 11) is 1.80.